The van der Waals surface area contributed by atoms with Gasteiger partial charge in [-0.25, -0.2) is 0 Å². The highest BCUT2D eigenvalue weighted by molar-refractivity contribution is 8.03. The lowest BCUT2D eigenvalue weighted by Crippen LogP contribution is -1.88. The number of rotatable bonds is 4. The molecule has 0 aliphatic rings. The maximum atomic E-state index is 9.10. The molecule has 1 N–H and O–H groups in total. The Morgan fingerprint density at radius 1 is 1.29 bits per heavy atom. The molecule has 0 atom stereocenters. The van der Waals surface area contributed by atoms with Crippen LogP contribution in [0.2, 0.25) is 0 Å². The summed E-state index contributed by atoms with van der Waals surface area (Å²) in [6, 6.07) is 6.02. The van der Waals surface area contributed by atoms with Crippen molar-refractivity contribution in [3.8, 4) is 0 Å². The first-order valence-electron chi connectivity index (χ1n) is 4.98. The first-order chi connectivity index (χ1) is 8.22. The first-order valence-corrected chi connectivity index (χ1v) is 7.84. The lowest BCUT2D eigenvalue weighted by Gasteiger charge is -2.04. The largest absolute Gasteiger partial charge is 0.392 e. The predicted octanol–water partition coefficient (Wildman–Crippen LogP) is 3.21. The van der Waals surface area contributed by atoms with Crippen LogP contribution >= 0.6 is 34.9 Å². The molecule has 0 unspecified atom stereocenters. The predicted molar refractivity (Wildman–Crippen MR) is 72.9 cm³/mol. The van der Waals surface area contributed by atoms with Crippen molar-refractivity contribution in [2.24, 2.45) is 0 Å². The minimum Gasteiger partial charge on any atom is -0.392 e. The van der Waals surface area contributed by atoms with Crippen molar-refractivity contribution in [1.29, 1.82) is 0 Å². The molecule has 6 heteroatoms. The molecule has 0 bridgehead atoms. The quantitative estimate of drug-likeness (QED) is 0.874. The van der Waals surface area contributed by atoms with Crippen molar-refractivity contribution in [3.63, 3.8) is 0 Å². The van der Waals surface area contributed by atoms with E-state index >= 15 is 0 Å². The van der Waals surface area contributed by atoms with Gasteiger partial charge in [-0.2, -0.15) is 0 Å². The average Bonchev–Trinajstić information content (AvgIpc) is 2.77. The molecular weight excluding hydrogens is 272 g/mol. The third kappa shape index (κ3) is 3.22. The summed E-state index contributed by atoms with van der Waals surface area (Å²) in [6.45, 7) is 2.09. The molecule has 0 amide bonds. The van der Waals surface area contributed by atoms with Crippen LogP contribution in [0.15, 0.2) is 31.8 Å². The first kappa shape index (κ1) is 12.9. The summed E-state index contributed by atoms with van der Waals surface area (Å²) in [4.78, 5) is 1.13. The van der Waals surface area contributed by atoms with Gasteiger partial charge in [-0.05, 0) is 36.4 Å². The van der Waals surface area contributed by atoms with Crippen LogP contribution in [0.4, 0.5) is 0 Å². The standard InChI is InChI=1S/C11H12N2OS3/c1-7-5-9(4-3-8(7)6-14)16-11-13-12-10(15-2)17-11/h3-5,14H,6H2,1-2H3. The monoisotopic (exact) mass is 284 g/mol. The summed E-state index contributed by atoms with van der Waals surface area (Å²) in [6.07, 6.45) is 2.00. The number of nitrogens with zero attached hydrogens (tertiary/aromatic N) is 2. The Morgan fingerprint density at radius 2 is 2.06 bits per heavy atom. The maximum absolute atomic E-state index is 9.10. The van der Waals surface area contributed by atoms with Crippen LogP contribution in [0.1, 0.15) is 11.1 Å². The van der Waals surface area contributed by atoms with Crippen molar-refractivity contribution in [3.05, 3.63) is 29.3 Å². The van der Waals surface area contributed by atoms with E-state index < -0.39 is 0 Å². The Balaban J connectivity index is 2.15. The van der Waals surface area contributed by atoms with E-state index in [1.54, 1.807) is 34.9 Å². The molecule has 0 fully saturated rings. The second-order valence-corrected chi connectivity index (χ2v) is 6.74. The molecule has 2 rings (SSSR count). The van der Waals surface area contributed by atoms with Crippen LogP contribution in [0.3, 0.4) is 0 Å². The van der Waals surface area contributed by atoms with E-state index in [1.807, 2.05) is 25.3 Å². The lowest BCUT2D eigenvalue weighted by atomic mass is 10.1. The van der Waals surface area contributed by atoms with Gasteiger partial charge in [0.25, 0.3) is 0 Å². The molecular formula is C11H12N2OS3. The third-order valence-corrected chi connectivity index (χ3v) is 5.19. The molecule has 0 spiro atoms. The number of aliphatic hydroxyl groups is 1. The minimum atomic E-state index is 0.0895. The van der Waals surface area contributed by atoms with Gasteiger partial charge in [0.05, 0.1) is 6.61 Å². The zero-order valence-corrected chi connectivity index (χ0v) is 12.0. The number of aryl methyl sites for hydroxylation is 1. The van der Waals surface area contributed by atoms with Gasteiger partial charge in [0, 0.05) is 4.90 Å². The zero-order valence-electron chi connectivity index (χ0n) is 9.51. The summed E-state index contributed by atoms with van der Waals surface area (Å²) in [5.74, 6) is 0. The molecule has 0 aliphatic heterocycles. The van der Waals surface area contributed by atoms with Crippen molar-refractivity contribution in [2.45, 2.75) is 27.1 Å². The summed E-state index contributed by atoms with van der Waals surface area (Å²) in [5.41, 5.74) is 2.07. The van der Waals surface area contributed by atoms with Gasteiger partial charge in [0.2, 0.25) is 0 Å². The van der Waals surface area contributed by atoms with Crippen LogP contribution in [-0.2, 0) is 6.61 Å². The number of hydrogen-bond acceptors (Lipinski definition) is 6. The number of aromatic nitrogens is 2. The maximum Gasteiger partial charge on any atom is 0.179 e. The number of hydrogen-bond donors (Lipinski definition) is 1. The van der Waals surface area contributed by atoms with Gasteiger partial charge in [-0.15, -0.1) is 10.2 Å². The van der Waals surface area contributed by atoms with Gasteiger partial charge < -0.3 is 5.11 Å². The molecule has 0 saturated carbocycles. The van der Waals surface area contributed by atoms with Gasteiger partial charge in [-0.3, -0.25) is 0 Å². The number of aliphatic hydroxyl groups excluding tert-OH is 1. The van der Waals surface area contributed by atoms with E-state index in [4.69, 9.17) is 5.11 Å². The summed E-state index contributed by atoms with van der Waals surface area (Å²) < 4.78 is 1.93. The van der Waals surface area contributed by atoms with E-state index in [-0.39, 0.29) is 6.61 Å². The topological polar surface area (TPSA) is 46.0 Å². The Morgan fingerprint density at radius 3 is 2.65 bits per heavy atom. The Kier molecular flexibility index (Phi) is 4.44. The molecule has 0 aliphatic carbocycles. The van der Waals surface area contributed by atoms with Crippen molar-refractivity contribution < 1.29 is 5.11 Å². The Hall–Kier alpha value is -0.560. The smallest absolute Gasteiger partial charge is 0.179 e. The molecule has 0 saturated heterocycles. The van der Waals surface area contributed by atoms with Gasteiger partial charge in [0.15, 0.2) is 8.68 Å². The number of benzene rings is 1. The summed E-state index contributed by atoms with van der Waals surface area (Å²) in [7, 11) is 0. The molecule has 1 heterocycles. The molecule has 17 heavy (non-hydrogen) atoms. The van der Waals surface area contributed by atoms with Crippen molar-refractivity contribution in [2.75, 3.05) is 6.26 Å². The van der Waals surface area contributed by atoms with E-state index in [2.05, 4.69) is 16.3 Å². The Bertz CT molecular complexity index is 513. The molecule has 1 aromatic heterocycles. The van der Waals surface area contributed by atoms with Crippen LogP contribution in [-0.4, -0.2) is 21.6 Å². The highest BCUT2D eigenvalue weighted by atomic mass is 32.2. The molecule has 0 radical (unpaired) electrons. The van der Waals surface area contributed by atoms with E-state index in [0.717, 1.165) is 24.7 Å². The van der Waals surface area contributed by atoms with Gasteiger partial charge in [-0.1, -0.05) is 40.9 Å². The Labute approximate surface area is 113 Å². The van der Waals surface area contributed by atoms with Gasteiger partial charge in [0.1, 0.15) is 0 Å². The van der Waals surface area contributed by atoms with E-state index in [0.29, 0.717) is 0 Å². The number of thioether (sulfide) groups is 1. The van der Waals surface area contributed by atoms with Crippen molar-refractivity contribution in [1.82, 2.24) is 10.2 Å². The average molecular weight is 284 g/mol. The highest BCUT2D eigenvalue weighted by Gasteiger charge is 2.06. The minimum absolute atomic E-state index is 0.0895. The molecule has 90 valence electrons. The zero-order chi connectivity index (χ0) is 12.3. The highest BCUT2D eigenvalue weighted by Crippen LogP contribution is 2.33. The molecule has 1 aromatic carbocycles. The van der Waals surface area contributed by atoms with Crippen LogP contribution < -0.4 is 0 Å². The van der Waals surface area contributed by atoms with Crippen molar-refractivity contribution >= 4 is 34.9 Å². The second-order valence-electron chi connectivity index (χ2n) is 3.39. The second kappa shape index (κ2) is 5.86. The summed E-state index contributed by atoms with van der Waals surface area (Å²) in [5, 5.41) is 17.3. The molecule has 2 aromatic rings. The fourth-order valence-corrected chi connectivity index (χ4v) is 3.84. The fraction of sp³-hybridized carbons (Fsp3) is 0.273. The fourth-order valence-electron chi connectivity index (χ4n) is 1.33. The lowest BCUT2D eigenvalue weighted by molar-refractivity contribution is 0.281. The van der Waals surface area contributed by atoms with Crippen LogP contribution in [0.25, 0.3) is 0 Å². The normalized spacial score (nSPS) is 10.8. The SMILES string of the molecule is CSc1nnc(Sc2ccc(CO)c(C)c2)s1. The third-order valence-electron chi connectivity index (χ3n) is 2.25. The van der Waals surface area contributed by atoms with Crippen LogP contribution in [0.5, 0.6) is 0 Å². The van der Waals surface area contributed by atoms with Gasteiger partial charge >= 0.3 is 0 Å². The van der Waals surface area contributed by atoms with E-state index in [9.17, 15) is 0 Å². The van der Waals surface area contributed by atoms with E-state index in [1.165, 1.54) is 0 Å². The molecule has 3 nitrogen and oxygen atoms in total. The summed E-state index contributed by atoms with van der Waals surface area (Å²) >= 11 is 4.81. The van der Waals surface area contributed by atoms with Crippen LogP contribution in [0, 0.1) is 6.92 Å².